The molecule has 4 nitrogen and oxygen atoms in total. The van der Waals surface area contributed by atoms with Gasteiger partial charge in [0.25, 0.3) is 0 Å². The predicted octanol–water partition coefficient (Wildman–Crippen LogP) is -0.0597. The van der Waals surface area contributed by atoms with Crippen molar-refractivity contribution in [1.29, 1.82) is 0 Å². The number of thioether (sulfide) groups is 1. The highest BCUT2D eigenvalue weighted by Crippen LogP contribution is 2.16. The van der Waals surface area contributed by atoms with E-state index in [4.69, 9.17) is 4.74 Å². The highest BCUT2D eigenvalue weighted by molar-refractivity contribution is 7.99. The Morgan fingerprint density at radius 3 is 2.93 bits per heavy atom. The Balaban J connectivity index is 1.66. The van der Waals surface area contributed by atoms with Crippen molar-refractivity contribution in [3.05, 3.63) is 0 Å². The summed E-state index contributed by atoms with van der Waals surface area (Å²) in [5, 5.41) is 3.33. The van der Waals surface area contributed by atoms with Crippen LogP contribution in [-0.2, 0) is 9.53 Å². The van der Waals surface area contributed by atoms with E-state index in [0.717, 1.165) is 18.8 Å². The van der Waals surface area contributed by atoms with Gasteiger partial charge >= 0.3 is 0 Å². The van der Waals surface area contributed by atoms with Gasteiger partial charge in [-0.2, -0.15) is 11.8 Å². The Morgan fingerprint density at radius 1 is 1.47 bits per heavy atom. The lowest BCUT2D eigenvalue weighted by Crippen LogP contribution is -2.46. The van der Waals surface area contributed by atoms with Gasteiger partial charge in [0, 0.05) is 24.9 Å². The largest absolute Gasteiger partial charge is 0.378 e. The second-order valence-corrected chi connectivity index (χ2v) is 5.08. The van der Waals surface area contributed by atoms with Crippen LogP contribution < -0.4 is 5.32 Å². The average molecular weight is 230 g/mol. The maximum atomic E-state index is 11.8. The summed E-state index contributed by atoms with van der Waals surface area (Å²) in [6, 6.07) is 0.542. The molecule has 86 valence electrons. The highest BCUT2D eigenvalue weighted by Gasteiger charge is 2.19. The molecule has 0 aromatic rings. The second kappa shape index (κ2) is 5.72. The molecule has 2 saturated heterocycles. The van der Waals surface area contributed by atoms with Crippen LogP contribution in [0.15, 0.2) is 0 Å². The third kappa shape index (κ3) is 3.36. The summed E-state index contributed by atoms with van der Waals surface area (Å²) in [6.45, 7) is 3.36. The molecule has 1 atom stereocenters. The predicted molar refractivity (Wildman–Crippen MR) is 61.1 cm³/mol. The van der Waals surface area contributed by atoms with Crippen LogP contribution in [-0.4, -0.2) is 61.2 Å². The van der Waals surface area contributed by atoms with E-state index in [2.05, 4.69) is 5.32 Å². The van der Waals surface area contributed by atoms with Gasteiger partial charge in [0.1, 0.15) is 0 Å². The summed E-state index contributed by atoms with van der Waals surface area (Å²) in [5.41, 5.74) is 0. The van der Waals surface area contributed by atoms with Crippen molar-refractivity contribution in [1.82, 2.24) is 10.2 Å². The first-order chi connectivity index (χ1) is 7.36. The van der Waals surface area contributed by atoms with Crippen molar-refractivity contribution in [3.63, 3.8) is 0 Å². The number of nitrogens with one attached hydrogen (secondary N) is 1. The van der Waals surface area contributed by atoms with Gasteiger partial charge in [-0.15, -0.1) is 0 Å². The summed E-state index contributed by atoms with van der Waals surface area (Å²) in [6.07, 6.45) is 1.20. The minimum Gasteiger partial charge on any atom is -0.378 e. The number of morpholine rings is 1. The molecule has 5 heteroatoms. The first-order valence-electron chi connectivity index (χ1n) is 5.53. The van der Waals surface area contributed by atoms with Crippen molar-refractivity contribution in [2.75, 3.05) is 44.4 Å². The lowest BCUT2D eigenvalue weighted by Gasteiger charge is -2.27. The number of amides is 1. The van der Waals surface area contributed by atoms with E-state index in [-0.39, 0.29) is 5.91 Å². The SMILES string of the molecule is O=C(CNC1CCSC1)N1CCOCC1. The summed E-state index contributed by atoms with van der Waals surface area (Å²) >= 11 is 1.96. The first kappa shape index (κ1) is 11.2. The normalized spacial score (nSPS) is 26.9. The Morgan fingerprint density at radius 2 is 2.27 bits per heavy atom. The van der Waals surface area contributed by atoms with Gasteiger partial charge in [-0.05, 0) is 12.2 Å². The van der Waals surface area contributed by atoms with Crippen molar-refractivity contribution >= 4 is 17.7 Å². The topological polar surface area (TPSA) is 41.6 Å². The summed E-state index contributed by atoms with van der Waals surface area (Å²) in [4.78, 5) is 13.6. The molecule has 1 N–H and O–H groups in total. The van der Waals surface area contributed by atoms with Gasteiger partial charge in [0.05, 0.1) is 19.8 Å². The molecule has 0 aromatic heterocycles. The monoisotopic (exact) mass is 230 g/mol. The molecular weight excluding hydrogens is 212 g/mol. The number of ether oxygens (including phenoxy) is 1. The highest BCUT2D eigenvalue weighted by atomic mass is 32.2. The van der Waals surface area contributed by atoms with Crippen molar-refractivity contribution in [2.45, 2.75) is 12.5 Å². The van der Waals surface area contributed by atoms with Gasteiger partial charge in [-0.1, -0.05) is 0 Å². The van der Waals surface area contributed by atoms with Gasteiger partial charge < -0.3 is 15.0 Å². The molecule has 2 aliphatic rings. The number of nitrogens with zero attached hydrogens (tertiary/aromatic N) is 1. The van der Waals surface area contributed by atoms with Crippen LogP contribution in [0.5, 0.6) is 0 Å². The number of hydrogen-bond donors (Lipinski definition) is 1. The van der Waals surface area contributed by atoms with Gasteiger partial charge in [0.15, 0.2) is 0 Å². The van der Waals surface area contributed by atoms with Gasteiger partial charge in [-0.25, -0.2) is 0 Å². The third-order valence-electron chi connectivity index (χ3n) is 2.84. The maximum absolute atomic E-state index is 11.8. The third-order valence-corrected chi connectivity index (χ3v) is 4.00. The molecule has 1 amide bonds. The molecule has 2 fully saturated rings. The Labute approximate surface area is 94.7 Å². The summed E-state index contributed by atoms with van der Waals surface area (Å²) < 4.78 is 5.21. The minimum atomic E-state index is 0.218. The lowest BCUT2D eigenvalue weighted by atomic mass is 10.2. The molecule has 0 spiro atoms. The number of carbonyl (C=O) groups is 1. The van der Waals surface area contributed by atoms with Gasteiger partial charge in [-0.3, -0.25) is 4.79 Å². The molecule has 0 aliphatic carbocycles. The number of hydrogen-bond acceptors (Lipinski definition) is 4. The molecule has 2 aliphatic heterocycles. The molecule has 0 radical (unpaired) electrons. The summed E-state index contributed by atoms with van der Waals surface area (Å²) in [5.74, 6) is 2.59. The van der Waals surface area contributed by atoms with E-state index in [1.165, 1.54) is 12.2 Å². The quantitative estimate of drug-likeness (QED) is 0.737. The van der Waals surface area contributed by atoms with E-state index >= 15 is 0 Å². The van der Waals surface area contributed by atoms with Crippen molar-refractivity contribution in [3.8, 4) is 0 Å². The average Bonchev–Trinajstić information content (AvgIpc) is 2.80. The van der Waals surface area contributed by atoms with E-state index in [0.29, 0.717) is 25.8 Å². The molecule has 2 heterocycles. The maximum Gasteiger partial charge on any atom is 0.236 e. The van der Waals surface area contributed by atoms with Crippen LogP contribution in [0.3, 0.4) is 0 Å². The van der Waals surface area contributed by atoms with Crippen LogP contribution in [0, 0.1) is 0 Å². The number of rotatable bonds is 3. The zero-order chi connectivity index (χ0) is 10.5. The molecular formula is C10H18N2O2S. The van der Waals surface area contributed by atoms with E-state index in [9.17, 15) is 4.79 Å². The molecule has 0 bridgehead atoms. The van der Waals surface area contributed by atoms with Crippen LogP contribution in [0.4, 0.5) is 0 Å². The fourth-order valence-electron chi connectivity index (χ4n) is 1.85. The second-order valence-electron chi connectivity index (χ2n) is 3.93. The standard InChI is InChI=1S/C10H18N2O2S/c13-10(12-2-4-14-5-3-12)7-11-9-1-6-15-8-9/h9,11H,1-8H2. The summed E-state index contributed by atoms with van der Waals surface area (Å²) in [7, 11) is 0. The molecule has 0 aromatic carbocycles. The van der Waals surface area contributed by atoms with E-state index < -0.39 is 0 Å². The molecule has 15 heavy (non-hydrogen) atoms. The fraction of sp³-hybridized carbons (Fsp3) is 0.900. The van der Waals surface area contributed by atoms with Crippen LogP contribution in [0.25, 0.3) is 0 Å². The van der Waals surface area contributed by atoms with Gasteiger partial charge in [0.2, 0.25) is 5.91 Å². The zero-order valence-corrected chi connectivity index (χ0v) is 9.72. The molecule has 0 saturated carbocycles. The Bertz CT molecular complexity index is 213. The number of carbonyl (C=O) groups excluding carboxylic acids is 1. The fourth-order valence-corrected chi connectivity index (χ4v) is 3.04. The van der Waals surface area contributed by atoms with Crippen molar-refractivity contribution in [2.24, 2.45) is 0 Å². The Kier molecular flexibility index (Phi) is 4.29. The van der Waals surface area contributed by atoms with Crippen LogP contribution in [0.2, 0.25) is 0 Å². The first-order valence-corrected chi connectivity index (χ1v) is 6.68. The van der Waals surface area contributed by atoms with Crippen LogP contribution in [0.1, 0.15) is 6.42 Å². The van der Waals surface area contributed by atoms with Crippen molar-refractivity contribution < 1.29 is 9.53 Å². The van der Waals surface area contributed by atoms with E-state index in [1.54, 1.807) is 0 Å². The Hall–Kier alpha value is -0.260. The zero-order valence-electron chi connectivity index (χ0n) is 8.91. The molecule has 2 rings (SSSR count). The minimum absolute atomic E-state index is 0.218. The lowest BCUT2D eigenvalue weighted by molar-refractivity contribution is -0.134. The van der Waals surface area contributed by atoms with E-state index in [1.807, 2.05) is 16.7 Å². The van der Waals surface area contributed by atoms with Crippen LogP contribution >= 0.6 is 11.8 Å². The molecule has 1 unspecified atom stereocenters. The smallest absolute Gasteiger partial charge is 0.236 e.